The van der Waals surface area contributed by atoms with Crippen LogP contribution in [0.3, 0.4) is 0 Å². The van der Waals surface area contributed by atoms with Crippen molar-refractivity contribution in [3.8, 4) is 6.07 Å². The summed E-state index contributed by atoms with van der Waals surface area (Å²) in [6, 6.07) is 23.4. The van der Waals surface area contributed by atoms with E-state index in [0.29, 0.717) is 5.92 Å². The molecule has 2 aromatic rings. The highest BCUT2D eigenvalue weighted by Gasteiger charge is 2.33. The molecule has 2 aromatic carbocycles. The van der Waals surface area contributed by atoms with Crippen molar-refractivity contribution in [3.63, 3.8) is 0 Å². The van der Waals surface area contributed by atoms with Gasteiger partial charge in [-0.15, -0.1) is 0 Å². The van der Waals surface area contributed by atoms with Gasteiger partial charge in [-0.2, -0.15) is 5.26 Å². The number of nitriles is 1. The van der Waals surface area contributed by atoms with Crippen LogP contribution < -0.4 is 0 Å². The van der Waals surface area contributed by atoms with E-state index in [1.165, 1.54) is 11.1 Å². The Balaban J connectivity index is 0.000000352. The lowest BCUT2D eigenvalue weighted by atomic mass is 9.90. The van der Waals surface area contributed by atoms with Gasteiger partial charge in [0.05, 0.1) is 12.0 Å². The Labute approximate surface area is 151 Å². The van der Waals surface area contributed by atoms with Gasteiger partial charge in [-0.1, -0.05) is 60.7 Å². The summed E-state index contributed by atoms with van der Waals surface area (Å²) < 4.78 is 0. The van der Waals surface area contributed by atoms with Crippen LogP contribution in [0.15, 0.2) is 60.7 Å². The number of aliphatic carboxylic acids is 2. The summed E-state index contributed by atoms with van der Waals surface area (Å²) in [5, 5.41) is 24.2. The van der Waals surface area contributed by atoms with Crippen LogP contribution in [0.4, 0.5) is 0 Å². The third kappa shape index (κ3) is 5.43. The molecule has 1 aliphatic rings. The van der Waals surface area contributed by atoms with Crippen LogP contribution in [0.1, 0.15) is 17.0 Å². The Kier molecular flexibility index (Phi) is 6.89. The number of hydrogen-bond donors (Lipinski definition) is 2. The molecule has 1 fully saturated rings. The topological polar surface area (TPSA) is 102 Å². The smallest absolute Gasteiger partial charge is 0.414 e. The first-order valence-electron chi connectivity index (χ1n) is 8.18. The predicted molar refractivity (Wildman–Crippen MR) is 95.3 cm³/mol. The number of carboxylic acids is 2. The number of hydrogen-bond acceptors (Lipinski definition) is 4. The Hall–Kier alpha value is -3.17. The van der Waals surface area contributed by atoms with Crippen LogP contribution in [0.25, 0.3) is 0 Å². The van der Waals surface area contributed by atoms with Crippen molar-refractivity contribution in [2.24, 2.45) is 5.92 Å². The van der Waals surface area contributed by atoms with Gasteiger partial charge in [0.15, 0.2) is 0 Å². The molecule has 0 unspecified atom stereocenters. The highest BCUT2D eigenvalue weighted by Crippen LogP contribution is 2.32. The normalized spacial score (nSPS) is 19.0. The summed E-state index contributed by atoms with van der Waals surface area (Å²) in [6.07, 6.45) is 0. The molecule has 0 bridgehead atoms. The van der Waals surface area contributed by atoms with E-state index < -0.39 is 11.9 Å². The molecule has 1 saturated heterocycles. The molecule has 2 atom stereocenters. The number of carboxylic acid groups (broad SMARTS) is 2. The maximum Gasteiger partial charge on any atom is 0.414 e. The van der Waals surface area contributed by atoms with E-state index in [0.717, 1.165) is 19.6 Å². The predicted octanol–water partition coefficient (Wildman–Crippen LogP) is 2.58. The van der Waals surface area contributed by atoms with E-state index in [-0.39, 0.29) is 5.92 Å². The van der Waals surface area contributed by atoms with Gasteiger partial charge >= 0.3 is 11.9 Å². The lowest BCUT2D eigenvalue weighted by Gasteiger charge is -2.16. The number of nitrogens with zero attached hydrogens (tertiary/aromatic N) is 2. The first-order chi connectivity index (χ1) is 12.5. The maximum absolute atomic E-state index is 9.40. The summed E-state index contributed by atoms with van der Waals surface area (Å²) in [6.45, 7) is 2.77. The second kappa shape index (κ2) is 9.35. The molecule has 3 rings (SSSR count). The third-order valence-electron chi connectivity index (χ3n) is 4.22. The second-order valence-corrected chi connectivity index (χ2v) is 6.04. The summed E-state index contributed by atoms with van der Waals surface area (Å²) >= 11 is 0. The highest BCUT2D eigenvalue weighted by atomic mass is 16.4. The van der Waals surface area contributed by atoms with Crippen LogP contribution in [-0.4, -0.2) is 40.1 Å². The Bertz CT molecular complexity index is 759. The fraction of sp³-hybridized carbons (Fsp3) is 0.250. The molecule has 0 aromatic heterocycles. The summed E-state index contributed by atoms with van der Waals surface area (Å²) in [5.41, 5.74) is 2.60. The maximum atomic E-state index is 9.40. The molecule has 2 N–H and O–H groups in total. The fourth-order valence-corrected chi connectivity index (χ4v) is 3.02. The molecule has 6 nitrogen and oxygen atoms in total. The third-order valence-corrected chi connectivity index (χ3v) is 4.22. The second-order valence-electron chi connectivity index (χ2n) is 6.04. The molecule has 0 radical (unpaired) electrons. The van der Waals surface area contributed by atoms with E-state index in [1.54, 1.807) is 0 Å². The zero-order valence-electron chi connectivity index (χ0n) is 14.2. The molecular weight excluding hydrogens is 332 g/mol. The zero-order chi connectivity index (χ0) is 18.9. The zero-order valence-corrected chi connectivity index (χ0v) is 14.2. The van der Waals surface area contributed by atoms with Gasteiger partial charge in [0.25, 0.3) is 0 Å². The van der Waals surface area contributed by atoms with Crippen molar-refractivity contribution in [2.45, 2.75) is 12.5 Å². The van der Waals surface area contributed by atoms with Gasteiger partial charge < -0.3 is 10.2 Å². The van der Waals surface area contributed by atoms with Gasteiger partial charge in [0, 0.05) is 25.6 Å². The molecule has 6 heteroatoms. The van der Waals surface area contributed by atoms with Crippen molar-refractivity contribution in [2.75, 3.05) is 13.1 Å². The van der Waals surface area contributed by atoms with E-state index in [2.05, 4.69) is 59.5 Å². The number of likely N-dealkylation sites (tertiary alicyclic amines) is 1. The minimum Gasteiger partial charge on any atom is -0.473 e. The lowest BCUT2D eigenvalue weighted by Crippen LogP contribution is -2.20. The van der Waals surface area contributed by atoms with E-state index >= 15 is 0 Å². The molecular formula is C20H20N2O4. The molecule has 0 spiro atoms. The molecule has 0 aliphatic carbocycles. The van der Waals surface area contributed by atoms with Crippen molar-refractivity contribution in [3.05, 3.63) is 71.8 Å². The Morgan fingerprint density at radius 3 is 2.00 bits per heavy atom. The Morgan fingerprint density at radius 1 is 0.962 bits per heavy atom. The van der Waals surface area contributed by atoms with Crippen LogP contribution in [0.5, 0.6) is 0 Å². The van der Waals surface area contributed by atoms with Gasteiger partial charge in [-0.3, -0.25) is 4.90 Å². The summed E-state index contributed by atoms with van der Waals surface area (Å²) in [5.74, 6) is -3.21. The average Bonchev–Trinajstić information content (AvgIpc) is 3.06. The first kappa shape index (κ1) is 19.2. The Morgan fingerprint density at radius 2 is 1.50 bits per heavy atom. The van der Waals surface area contributed by atoms with Gasteiger partial charge in [-0.05, 0) is 11.1 Å². The van der Waals surface area contributed by atoms with E-state index in [4.69, 9.17) is 19.8 Å². The quantitative estimate of drug-likeness (QED) is 0.823. The summed E-state index contributed by atoms with van der Waals surface area (Å²) in [7, 11) is 0. The first-order valence-corrected chi connectivity index (χ1v) is 8.18. The van der Waals surface area contributed by atoms with Crippen LogP contribution >= 0.6 is 0 Å². The fourth-order valence-electron chi connectivity index (χ4n) is 3.02. The van der Waals surface area contributed by atoms with Crippen molar-refractivity contribution in [1.82, 2.24) is 4.90 Å². The van der Waals surface area contributed by atoms with Crippen LogP contribution in [-0.2, 0) is 16.1 Å². The molecule has 134 valence electrons. The number of carbonyl (C=O) groups is 2. The van der Waals surface area contributed by atoms with Crippen molar-refractivity contribution in [1.29, 1.82) is 5.26 Å². The highest BCUT2D eigenvalue weighted by molar-refractivity contribution is 6.27. The standard InChI is InChI=1S/C18H18N2.C2H2O4/c19-11-17-13-20(12-15-7-3-1-4-8-15)14-18(17)16-9-5-2-6-10-16;3-1(4)2(5)6/h1-10,17-18H,12-14H2;(H,3,4)(H,5,6)/t17-,18+;/m0./s1. The molecule has 0 amide bonds. The minimum atomic E-state index is -1.82. The van der Waals surface area contributed by atoms with Gasteiger partial charge in [0.2, 0.25) is 0 Å². The van der Waals surface area contributed by atoms with Gasteiger partial charge in [0.1, 0.15) is 0 Å². The number of benzene rings is 2. The molecule has 1 heterocycles. The number of rotatable bonds is 3. The lowest BCUT2D eigenvalue weighted by molar-refractivity contribution is -0.159. The largest absolute Gasteiger partial charge is 0.473 e. The average molecular weight is 352 g/mol. The van der Waals surface area contributed by atoms with Crippen molar-refractivity contribution >= 4 is 11.9 Å². The van der Waals surface area contributed by atoms with E-state index in [9.17, 15) is 5.26 Å². The van der Waals surface area contributed by atoms with Crippen LogP contribution in [0.2, 0.25) is 0 Å². The van der Waals surface area contributed by atoms with Crippen LogP contribution in [0, 0.1) is 17.2 Å². The van der Waals surface area contributed by atoms with E-state index in [1.807, 2.05) is 12.1 Å². The molecule has 0 saturated carbocycles. The summed E-state index contributed by atoms with van der Waals surface area (Å²) in [4.78, 5) is 20.6. The van der Waals surface area contributed by atoms with Gasteiger partial charge in [-0.25, -0.2) is 9.59 Å². The monoisotopic (exact) mass is 352 g/mol. The molecule has 26 heavy (non-hydrogen) atoms. The molecule has 1 aliphatic heterocycles. The van der Waals surface area contributed by atoms with Crippen molar-refractivity contribution < 1.29 is 19.8 Å². The SMILES string of the molecule is N#C[C@H]1CN(Cc2ccccc2)C[C@@H]1c1ccccc1.O=C(O)C(=O)O. The minimum absolute atomic E-state index is 0.0983.